The topological polar surface area (TPSA) is 61.4 Å². The van der Waals surface area contributed by atoms with Crippen molar-refractivity contribution >= 4 is 11.8 Å². The van der Waals surface area contributed by atoms with E-state index in [-0.39, 0.29) is 6.03 Å². The number of carbonyl (C=O) groups is 1. The van der Waals surface area contributed by atoms with Gasteiger partial charge >= 0.3 is 6.03 Å². The number of nitrogens with one attached hydrogen (secondary N) is 1. The van der Waals surface area contributed by atoms with Crippen molar-refractivity contribution in [3.05, 3.63) is 77.0 Å². The Kier molecular flexibility index (Phi) is 7.49. The zero-order valence-corrected chi connectivity index (χ0v) is 21.5. The third-order valence-corrected chi connectivity index (χ3v) is 7.52. The third-order valence-electron chi connectivity index (χ3n) is 7.52. The van der Waals surface area contributed by atoms with Crippen molar-refractivity contribution in [2.75, 3.05) is 31.1 Å². The molecule has 2 aliphatic rings. The molecule has 6 nitrogen and oxygen atoms in total. The Morgan fingerprint density at radius 1 is 0.889 bits per heavy atom. The molecule has 2 fully saturated rings. The molecule has 1 N–H and O–H groups in total. The highest BCUT2D eigenvalue weighted by molar-refractivity contribution is 5.75. The van der Waals surface area contributed by atoms with Gasteiger partial charge in [-0.1, -0.05) is 79.4 Å². The van der Waals surface area contributed by atoms with Gasteiger partial charge in [0.05, 0.1) is 0 Å². The molecule has 5 rings (SSSR count). The molecule has 1 aliphatic heterocycles. The van der Waals surface area contributed by atoms with E-state index in [1.807, 2.05) is 11.0 Å². The number of aryl methyl sites for hydroxylation is 2. The van der Waals surface area contributed by atoms with E-state index in [9.17, 15) is 4.79 Å². The summed E-state index contributed by atoms with van der Waals surface area (Å²) in [5, 5.41) is 3.27. The van der Waals surface area contributed by atoms with E-state index in [2.05, 4.69) is 72.6 Å². The maximum Gasteiger partial charge on any atom is 0.317 e. The number of carbonyl (C=O) groups excluding carboxylic acids is 1. The summed E-state index contributed by atoms with van der Waals surface area (Å²) < 4.78 is 0. The van der Waals surface area contributed by atoms with Crippen LogP contribution >= 0.6 is 0 Å². The third kappa shape index (κ3) is 5.69. The highest BCUT2D eigenvalue weighted by Gasteiger charge is 2.27. The van der Waals surface area contributed by atoms with E-state index in [1.54, 1.807) is 0 Å². The standard InChI is InChI=1S/C30H37N5O/c1-22-13-15-25(16-14-22)28-31-23(2)27(21-24-9-5-3-6-10-24)29(33-28)34-17-19-35(20-18-34)30(36)32-26-11-7-4-8-12-26/h3,5-6,9-10,13-16,26H,4,7-8,11-12,17-21H2,1-2H3,(H,32,36). The van der Waals surface area contributed by atoms with Crippen molar-refractivity contribution < 1.29 is 4.79 Å². The molecule has 1 aliphatic carbocycles. The van der Waals surface area contributed by atoms with Crippen LogP contribution in [0.1, 0.15) is 54.5 Å². The predicted molar refractivity (Wildman–Crippen MR) is 145 cm³/mol. The van der Waals surface area contributed by atoms with Crippen LogP contribution in [0.2, 0.25) is 0 Å². The molecule has 2 aromatic carbocycles. The molecule has 36 heavy (non-hydrogen) atoms. The molecule has 1 aromatic heterocycles. The summed E-state index contributed by atoms with van der Waals surface area (Å²) in [6, 6.07) is 19.3. The Morgan fingerprint density at radius 3 is 2.28 bits per heavy atom. The van der Waals surface area contributed by atoms with Gasteiger partial charge in [-0.15, -0.1) is 0 Å². The fourth-order valence-corrected chi connectivity index (χ4v) is 5.32. The molecular formula is C30H37N5O. The number of hydrogen-bond acceptors (Lipinski definition) is 4. The maximum atomic E-state index is 12.9. The zero-order chi connectivity index (χ0) is 24.9. The van der Waals surface area contributed by atoms with Crippen molar-refractivity contribution in [2.45, 2.75) is 58.4 Å². The molecule has 2 heterocycles. The zero-order valence-electron chi connectivity index (χ0n) is 21.5. The molecular weight excluding hydrogens is 446 g/mol. The number of hydrogen-bond donors (Lipinski definition) is 1. The summed E-state index contributed by atoms with van der Waals surface area (Å²) >= 11 is 0. The minimum atomic E-state index is 0.0882. The van der Waals surface area contributed by atoms with Crippen molar-refractivity contribution in [2.24, 2.45) is 0 Å². The average Bonchev–Trinajstić information content (AvgIpc) is 2.91. The molecule has 0 unspecified atom stereocenters. The Hall–Kier alpha value is -3.41. The van der Waals surface area contributed by atoms with Crippen molar-refractivity contribution in [1.29, 1.82) is 0 Å². The van der Waals surface area contributed by atoms with Crippen molar-refractivity contribution in [3.63, 3.8) is 0 Å². The summed E-state index contributed by atoms with van der Waals surface area (Å²) in [6.07, 6.45) is 6.74. The first-order chi connectivity index (χ1) is 17.6. The molecule has 3 aromatic rings. The minimum Gasteiger partial charge on any atom is -0.353 e. The van der Waals surface area contributed by atoms with Gasteiger partial charge in [-0.25, -0.2) is 14.8 Å². The number of nitrogens with zero attached hydrogens (tertiary/aromatic N) is 4. The van der Waals surface area contributed by atoms with Gasteiger partial charge in [0.25, 0.3) is 0 Å². The Labute approximate surface area is 214 Å². The van der Waals surface area contributed by atoms with E-state index in [0.717, 1.165) is 60.8 Å². The van der Waals surface area contributed by atoms with Crippen LogP contribution in [0.25, 0.3) is 11.4 Å². The van der Waals surface area contributed by atoms with Crippen LogP contribution in [0, 0.1) is 13.8 Å². The van der Waals surface area contributed by atoms with Crippen molar-refractivity contribution in [1.82, 2.24) is 20.2 Å². The Bertz CT molecular complexity index is 1160. The molecule has 2 amide bonds. The summed E-state index contributed by atoms with van der Waals surface area (Å²) in [4.78, 5) is 27.3. The molecule has 0 bridgehead atoms. The lowest BCUT2D eigenvalue weighted by Crippen LogP contribution is -2.54. The lowest BCUT2D eigenvalue weighted by Gasteiger charge is -2.37. The smallest absolute Gasteiger partial charge is 0.317 e. The van der Waals surface area contributed by atoms with E-state index >= 15 is 0 Å². The predicted octanol–water partition coefficient (Wildman–Crippen LogP) is 5.52. The minimum absolute atomic E-state index is 0.0882. The summed E-state index contributed by atoms with van der Waals surface area (Å²) in [5.41, 5.74) is 5.67. The summed E-state index contributed by atoms with van der Waals surface area (Å²) in [5.74, 6) is 1.76. The molecule has 188 valence electrons. The van der Waals surface area contributed by atoms with Crippen LogP contribution in [0.5, 0.6) is 0 Å². The number of urea groups is 1. The van der Waals surface area contributed by atoms with Gasteiger partial charge in [-0.05, 0) is 32.3 Å². The van der Waals surface area contributed by atoms with E-state index in [0.29, 0.717) is 19.1 Å². The van der Waals surface area contributed by atoms with E-state index in [4.69, 9.17) is 9.97 Å². The van der Waals surface area contributed by atoms with Gasteiger partial charge in [-0.2, -0.15) is 0 Å². The van der Waals surface area contributed by atoms with Crippen LogP contribution in [0.3, 0.4) is 0 Å². The van der Waals surface area contributed by atoms with Gasteiger partial charge in [-0.3, -0.25) is 0 Å². The Morgan fingerprint density at radius 2 is 1.58 bits per heavy atom. The Balaban J connectivity index is 1.37. The van der Waals surface area contributed by atoms with Crippen LogP contribution in [0.15, 0.2) is 54.6 Å². The highest BCUT2D eigenvalue weighted by Crippen LogP contribution is 2.28. The first-order valence-electron chi connectivity index (χ1n) is 13.4. The molecule has 0 radical (unpaired) electrons. The quantitative estimate of drug-likeness (QED) is 0.519. The van der Waals surface area contributed by atoms with Crippen LogP contribution in [-0.4, -0.2) is 53.1 Å². The average molecular weight is 484 g/mol. The molecule has 0 atom stereocenters. The lowest BCUT2D eigenvalue weighted by molar-refractivity contribution is 0.186. The number of benzene rings is 2. The molecule has 1 saturated carbocycles. The number of aromatic nitrogens is 2. The molecule has 1 saturated heterocycles. The number of rotatable bonds is 5. The van der Waals surface area contributed by atoms with Gasteiger partial charge in [0.2, 0.25) is 0 Å². The molecule has 0 spiro atoms. The first-order valence-corrected chi connectivity index (χ1v) is 13.4. The van der Waals surface area contributed by atoms with Crippen molar-refractivity contribution in [3.8, 4) is 11.4 Å². The largest absolute Gasteiger partial charge is 0.353 e. The van der Waals surface area contributed by atoms with Gasteiger partial charge in [0.15, 0.2) is 5.82 Å². The number of piperazine rings is 1. The monoisotopic (exact) mass is 483 g/mol. The number of amides is 2. The maximum absolute atomic E-state index is 12.9. The lowest BCUT2D eigenvalue weighted by atomic mass is 9.96. The van der Waals surface area contributed by atoms with Gasteiger partial charge in [0.1, 0.15) is 5.82 Å². The highest BCUT2D eigenvalue weighted by atomic mass is 16.2. The van der Waals surface area contributed by atoms with Crippen LogP contribution < -0.4 is 10.2 Å². The second-order valence-corrected chi connectivity index (χ2v) is 10.2. The fraction of sp³-hybridized carbons (Fsp3) is 0.433. The summed E-state index contributed by atoms with van der Waals surface area (Å²) in [7, 11) is 0. The SMILES string of the molecule is Cc1ccc(-c2nc(C)c(Cc3ccccc3)c(N3CCN(C(=O)NC4CCCCC4)CC3)n2)cc1. The molecule has 6 heteroatoms. The van der Waals surface area contributed by atoms with Gasteiger partial charge in [0, 0.05) is 55.5 Å². The van der Waals surface area contributed by atoms with Crippen LogP contribution in [-0.2, 0) is 6.42 Å². The van der Waals surface area contributed by atoms with Gasteiger partial charge < -0.3 is 15.1 Å². The van der Waals surface area contributed by atoms with E-state index < -0.39 is 0 Å². The summed E-state index contributed by atoms with van der Waals surface area (Å²) in [6.45, 7) is 7.12. The normalized spacial score (nSPS) is 16.7. The fourth-order valence-electron chi connectivity index (χ4n) is 5.32. The second-order valence-electron chi connectivity index (χ2n) is 10.2. The second kappa shape index (κ2) is 11.1. The first kappa shape index (κ1) is 24.3. The van der Waals surface area contributed by atoms with E-state index in [1.165, 1.54) is 30.4 Å². The van der Waals surface area contributed by atoms with Crippen LogP contribution in [0.4, 0.5) is 10.6 Å². The number of anilines is 1.